The lowest BCUT2D eigenvalue weighted by Crippen LogP contribution is -2.09. The van der Waals surface area contributed by atoms with E-state index in [1.165, 1.54) is 49.4 Å². The summed E-state index contributed by atoms with van der Waals surface area (Å²) < 4.78 is 4.69. The number of anilines is 3. The van der Waals surface area contributed by atoms with Gasteiger partial charge >= 0.3 is 0 Å². The van der Waals surface area contributed by atoms with Gasteiger partial charge in [-0.1, -0.05) is 115 Å². The highest BCUT2D eigenvalue weighted by molar-refractivity contribution is 6.21. The van der Waals surface area contributed by atoms with Crippen LogP contribution < -0.4 is 4.90 Å². The number of benzene rings is 8. The monoisotopic (exact) mass is 754 g/mol. The van der Waals surface area contributed by atoms with Gasteiger partial charge in [0.1, 0.15) is 0 Å². The second-order valence-electron chi connectivity index (χ2n) is 14.9. The summed E-state index contributed by atoms with van der Waals surface area (Å²) in [6.45, 7) is 0. The van der Waals surface area contributed by atoms with Crippen molar-refractivity contribution in [2.45, 2.75) is 0 Å². The van der Waals surface area contributed by atoms with Crippen molar-refractivity contribution in [2.75, 3.05) is 4.90 Å². The van der Waals surface area contributed by atoms with Crippen LogP contribution in [0.4, 0.5) is 17.1 Å². The highest BCUT2D eigenvalue weighted by atomic mass is 15.1. The van der Waals surface area contributed by atoms with E-state index in [-0.39, 0.29) is 0 Å². The molecule has 11 aromatic rings. The Labute approximate surface area is 343 Å². The summed E-state index contributed by atoms with van der Waals surface area (Å²) in [7, 11) is 0. The molecule has 0 radical (unpaired) electrons. The molecule has 0 aliphatic heterocycles. The first kappa shape index (κ1) is 34.3. The molecule has 0 bridgehead atoms. The summed E-state index contributed by atoms with van der Waals surface area (Å²) in [6, 6.07) is 76.2. The molecule has 0 N–H and O–H groups in total. The number of hydrogen-bond donors (Lipinski definition) is 0. The van der Waals surface area contributed by atoms with Crippen LogP contribution in [-0.2, 0) is 0 Å². The van der Waals surface area contributed by atoms with Crippen molar-refractivity contribution in [3.05, 3.63) is 231 Å². The molecule has 3 aromatic heterocycles. The molecule has 0 fully saturated rings. The fourth-order valence-corrected chi connectivity index (χ4v) is 8.60. The van der Waals surface area contributed by atoms with E-state index >= 15 is 0 Å². The lowest BCUT2D eigenvalue weighted by atomic mass is 10.0. The van der Waals surface area contributed by atoms with Gasteiger partial charge in [0.15, 0.2) is 0 Å². The standard InChI is InChI=1S/C55H38N4/c1-4-11-39(12-5-1)40-18-25-47(26-19-40)58(49-29-22-42(23-30-49)44-13-10-35-56-38-44)48-27-20-41(21-28-48)43-24-31-53-51(37-43)55-50-34-36-57(45-14-6-2-7-15-45)52(50)32-33-54(55)59(53)46-16-8-3-9-17-46/h1-38H. The number of fused-ring (bicyclic) bond motifs is 5. The topological polar surface area (TPSA) is 26.0 Å². The fourth-order valence-electron chi connectivity index (χ4n) is 8.60. The third kappa shape index (κ3) is 6.15. The van der Waals surface area contributed by atoms with Crippen molar-refractivity contribution in [3.8, 4) is 44.8 Å². The molecule has 0 saturated carbocycles. The number of rotatable bonds is 8. The van der Waals surface area contributed by atoms with E-state index in [1.54, 1.807) is 0 Å². The third-order valence-electron chi connectivity index (χ3n) is 11.5. The van der Waals surface area contributed by atoms with Crippen LogP contribution >= 0.6 is 0 Å². The zero-order valence-electron chi connectivity index (χ0n) is 32.2. The number of hydrogen-bond acceptors (Lipinski definition) is 2. The molecule has 4 heteroatoms. The molecular weight excluding hydrogens is 717 g/mol. The SMILES string of the molecule is c1ccc(-c2ccc(N(c3ccc(-c4cccnc4)cc3)c3ccc(-c4ccc5c(c4)c4c6ccn(-c7ccccc7)c6ccc4n5-c4ccccc4)cc3)cc2)cc1. The van der Waals surface area contributed by atoms with Crippen molar-refractivity contribution >= 4 is 49.8 Å². The number of nitrogens with zero attached hydrogens (tertiary/aromatic N) is 4. The highest BCUT2D eigenvalue weighted by Crippen LogP contribution is 2.41. The van der Waals surface area contributed by atoms with Gasteiger partial charge in [0.25, 0.3) is 0 Å². The first-order chi connectivity index (χ1) is 29.3. The van der Waals surface area contributed by atoms with Crippen LogP contribution in [0.5, 0.6) is 0 Å². The quantitative estimate of drug-likeness (QED) is 0.154. The van der Waals surface area contributed by atoms with Crippen molar-refractivity contribution in [3.63, 3.8) is 0 Å². The lowest BCUT2D eigenvalue weighted by molar-refractivity contribution is 1.13. The molecule has 0 saturated heterocycles. The summed E-state index contributed by atoms with van der Waals surface area (Å²) in [5, 5.41) is 3.73. The third-order valence-corrected chi connectivity index (χ3v) is 11.5. The Kier molecular flexibility index (Phi) is 8.45. The van der Waals surface area contributed by atoms with Crippen molar-refractivity contribution in [1.29, 1.82) is 0 Å². The fraction of sp³-hybridized carbons (Fsp3) is 0. The average molecular weight is 755 g/mol. The molecule has 59 heavy (non-hydrogen) atoms. The summed E-state index contributed by atoms with van der Waals surface area (Å²) in [5.41, 5.74) is 16.1. The van der Waals surface area contributed by atoms with E-state index in [0.717, 1.165) is 45.1 Å². The van der Waals surface area contributed by atoms with E-state index in [9.17, 15) is 0 Å². The summed E-state index contributed by atoms with van der Waals surface area (Å²) >= 11 is 0. The van der Waals surface area contributed by atoms with Crippen molar-refractivity contribution in [2.24, 2.45) is 0 Å². The first-order valence-corrected chi connectivity index (χ1v) is 20.0. The van der Waals surface area contributed by atoms with Crippen LogP contribution in [0, 0.1) is 0 Å². The first-order valence-electron chi connectivity index (χ1n) is 20.0. The van der Waals surface area contributed by atoms with Gasteiger partial charge in [-0.05, 0) is 130 Å². The van der Waals surface area contributed by atoms with Gasteiger partial charge in [0.2, 0.25) is 0 Å². The number of para-hydroxylation sites is 2. The molecule has 3 heterocycles. The molecule has 278 valence electrons. The Hall–Kier alpha value is -7.95. The summed E-state index contributed by atoms with van der Waals surface area (Å²) in [4.78, 5) is 6.67. The Bertz CT molecular complexity index is 3120. The Morgan fingerprint density at radius 1 is 0.356 bits per heavy atom. The van der Waals surface area contributed by atoms with Crippen LogP contribution in [0.15, 0.2) is 231 Å². The molecule has 0 amide bonds. The van der Waals surface area contributed by atoms with Gasteiger partial charge < -0.3 is 14.0 Å². The maximum atomic E-state index is 4.34. The Morgan fingerprint density at radius 2 is 0.847 bits per heavy atom. The van der Waals surface area contributed by atoms with Crippen LogP contribution in [0.2, 0.25) is 0 Å². The molecule has 0 unspecified atom stereocenters. The Morgan fingerprint density at radius 3 is 1.46 bits per heavy atom. The molecule has 4 nitrogen and oxygen atoms in total. The molecule has 0 aliphatic carbocycles. The van der Waals surface area contributed by atoms with Gasteiger partial charge in [-0.3, -0.25) is 4.98 Å². The summed E-state index contributed by atoms with van der Waals surface area (Å²) in [5.74, 6) is 0. The molecule has 0 atom stereocenters. The zero-order chi connectivity index (χ0) is 39.1. The predicted molar refractivity (Wildman–Crippen MR) is 246 cm³/mol. The minimum absolute atomic E-state index is 1.08. The molecule has 0 spiro atoms. The second kappa shape index (κ2) is 14.5. The maximum Gasteiger partial charge on any atom is 0.0548 e. The number of aromatic nitrogens is 3. The van der Waals surface area contributed by atoms with Gasteiger partial charge in [-0.15, -0.1) is 0 Å². The smallest absolute Gasteiger partial charge is 0.0548 e. The molecule has 0 aliphatic rings. The van der Waals surface area contributed by atoms with Crippen molar-refractivity contribution in [1.82, 2.24) is 14.1 Å². The lowest BCUT2D eigenvalue weighted by Gasteiger charge is -2.26. The zero-order valence-corrected chi connectivity index (χ0v) is 32.2. The largest absolute Gasteiger partial charge is 0.317 e. The van der Waals surface area contributed by atoms with Crippen LogP contribution in [0.3, 0.4) is 0 Å². The van der Waals surface area contributed by atoms with E-state index in [4.69, 9.17) is 0 Å². The Balaban J connectivity index is 1.02. The molecule has 8 aromatic carbocycles. The van der Waals surface area contributed by atoms with Crippen molar-refractivity contribution < 1.29 is 0 Å². The van der Waals surface area contributed by atoms with Gasteiger partial charge in [-0.2, -0.15) is 0 Å². The van der Waals surface area contributed by atoms with E-state index in [1.807, 2.05) is 18.5 Å². The van der Waals surface area contributed by atoms with Crippen LogP contribution in [0.25, 0.3) is 77.5 Å². The number of pyridine rings is 1. The average Bonchev–Trinajstić information content (AvgIpc) is 3.90. The van der Waals surface area contributed by atoms with Gasteiger partial charge in [-0.25, -0.2) is 0 Å². The van der Waals surface area contributed by atoms with Gasteiger partial charge in [0, 0.05) is 63.2 Å². The highest BCUT2D eigenvalue weighted by Gasteiger charge is 2.19. The second-order valence-corrected chi connectivity index (χ2v) is 14.9. The minimum atomic E-state index is 1.08. The minimum Gasteiger partial charge on any atom is -0.317 e. The molecular formula is C55H38N4. The van der Waals surface area contributed by atoms with Crippen LogP contribution in [-0.4, -0.2) is 14.1 Å². The van der Waals surface area contributed by atoms with Gasteiger partial charge in [0.05, 0.1) is 16.6 Å². The normalized spacial score (nSPS) is 11.4. The van der Waals surface area contributed by atoms with Crippen LogP contribution in [0.1, 0.15) is 0 Å². The predicted octanol–water partition coefficient (Wildman–Crippen LogP) is 14.6. The van der Waals surface area contributed by atoms with E-state index in [0.29, 0.717) is 0 Å². The van der Waals surface area contributed by atoms with E-state index < -0.39 is 0 Å². The maximum absolute atomic E-state index is 4.34. The van der Waals surface area contributed by atoms with E-state index in [2.05, 4.69) is 231 Å². The molecule has 11 rings (SSSR count). The summed E-state index contributed by atoms with van der Waals surface area (Å²) in [6.07, 6.45) is 5.92.